The third-order valence-corrected chi connectivity index (χ3v) is 4.17. The van der Waals surface area contributed by atoms with Gasteiger partial charge in [0, 0.05) is 18.3 Å². The molecule has 0 radical (unpaired) electrons. The van der Waals surface area contributed by atoms with E-state index >= 15 is 0 Å². The number of piperidine rings is 1. The summed E-state index contributed by atoms with van der Waals surface area (Å²) in [6.45, 7) is 2.64. The van der Waals surface area contributed by atoms with Crippen LogP contribution in [0.25, 0.3) is 0 Å². The lowest BCUT2D eigenvalue weighted by molar-refractivity contribution is -0.137. The number of carbonyl (C=O) groups excluding carboxylic acids is 1. The van der Waals surface area contributed by atoms with Crippen molar-refractivity contribution < 1.29 is 22.7 Å². The zero-order valence-corrected chi connectivity index (χ0v) is 14.7. The second-order valence-corrected chi connectivity index (χ2v) is 6.35. The molecule has 1 atom stereocenters. The number of ether oxygens (including phenoxy) is 1. The highest BCUT2D eigenvalue weighted by Gasteiger charge is 2.31. The van der Waals surface area contributed by atoms with Crippen molar-refractivity contribution in [2.24, 2.45) is 0 Å². The number of rotatable bonds is 3. The summed E-state index contributed by atoms with van der Waals surface area (Å²) in [7, 11) is 0. The van der Waals surface area contributed by atoms with Gasteiger partial charge in [-0.2, -0.15) is 18.3 Å². The predicted molar refractivity (Wildman–Crippen MR) is 92.5 cm³/mol. The van der Waals surface area contributed by atoms with Gasteiger partial charge in [0.2, 0.25) is 5.88 Å². The van der Waals surface area contributed by atoms with Crippen LogP contribution in [0.3, 0.4) is 0 Å². The van der Waals surface area contributed by atoms with E-state index in [-0.39, 0.29) is 11.8 Å². The quantitative estimate of drug-likeness (QED) is 0.878. The van der Waals surface area contributed by atoms with Crippen LogP contribution in [-0.2, 0) is 6.18 Å². The monoisotopic (exact) mass is 380 g/mol. The minimum atomic E-state index is -4.46. The van der Waals surface area contributed by atoms with Gasteiger partial charge in [-0.1, -0.05) is 6.07 Å². The molecule has 1 fully saturated rings. The normalized spacial score (nSPS) is 17.5. The third-order valence-electron chi connectivity index (χ3n) is 4.17. The Balaban J connectivity index is 1.60. The second kappa shape index (κ2) is 7.81. The number of amides is 2. The van der Waals surface area contributed by atoms with Gasteiger partial charge in [-0.15, -0.1) is 5.10 Å². The number of carbonyl (C=O) groups is 1. The summed E-state index contributed by atoms with van der Waals surface area (Å²) in [5, 5.41) is 10.4. The first-order chi connectivity index (χ1) is 12.8. The Morgan fingerprint density at radius 2 is 2.07 bits per heavy atom. The van der Waals surface area contributed by atoms with Gasteiger partial charge in [0.15, 0.2) is 0 Å². The summed E-state index contributed by atoms with van der Waals surface area (Å²) in [5.74, 6) is 0.380. The third kappa shape index (κ3) is 5.08. The van der Waals surface area contributed by atoms with Crippen molar-refractivity contribution in [2.45, 2.75) is 32.0 Å². The lowest BCUT2D eigenvalue weighted by atomic mass is 10.1. The molecule has 0 bridgehead atoms. The van der Waals surface area contributed by atoms with Crippen LogP contribution in [0.15, 0.2) is 36.4 Å². The Bertz CT molecular complexity index is 796. The lowest BCUT2D eigenvalue weighted by Crippen LogP contribution is -2.46. The fourth-order valence-corrected chi connectivity index (χ4v) is 2.81. The van der Waals surface area contributed by atoms with Crippen molar-refractivity contribution >= 4 is 11.7 Å². The fourth-order valence-electron chi connectivity index (χ4n) is 2.81. The first-order valence-electron chi connectivity index (χ1n) is 8.51. The number of nitrogens with zero attached hydrogens (tertiary/aromatic N) is 3. The van der Waals surface area contributed by atoms with E-state index in [1.54, 1.807) is 12.1 Å². The SMILES string of the molecule is Cc1ccc(OC2CCCN(C(=O)Nc3cccc(C(F)(F)F)c3)C2)nn1. The van der Waals surface area contributed by atoms with E-state index in [1.807, 2.05) is 6.92 Å². The molecule has 2 heterocycles. The largest absolute Gasteiger partial charge is 0.471 e. The van der Waals surface area contributed by atoms with E-state index in [4.69, 9.17) is 4.74 Å². The van der Waals surface area contributed by atoms with Gasteiger partial charge >= 0.3 is 12.2 Å². The summed E-state index contributed by atoms with van der Waals surface area (Å²) in [6.07, 6.45) is -3.23. The van der Waals surface area contributed by atoms with Crippen molar-refractivity contribution in [1.29, 1.82) is 0 Å². The molecule has 0 spiro atoms. The zero-order chi connectivity index (χ0) is 19.4. The Morgan fingerprint density at radius 1 is 1.26 bits per heavy atom. The van der Waals surface area contributed by atoms with E-state index in [0.29, 0.717) is 19.0 Å². The molecule has 3 rings (SSSR count). The molecule has 2 aromatic rings. The molecule has 1 saturated heterocycles. The average molecular weight is 380 g/mol. The number of hydrogen-bond acceptors (Lipinski definition) is 4. The van der Waals surface area contributed by atoms with Gasteiger partial charge in [0.1, 0.15) is 6.10 Å². The highest BCUT2D eigenvalue weighted by Crippen LogP contribution is 2.30. The van der Waals surface area contributed by atoms with E-state index in [2.05, 4.69) is 15.5 Å². The van der Waals surface area contributed by atoms with Gasteiger partial charge in [-0.05, 0) is 44.0 Å². The van der Waals surface area contributed by atoms with Crippen molar-refractivity contribution in [1.82, 2.24) is 15.1 Å². The van der Waals surface area contributed by atoms with Crippen molar-refractivity contribution in [2.75, 3.05) is 18.4 Å². The van der Waals surface area contributed by atoms with Crippen LogP contribution in [0.2, 0.25) is 0 Å². The van der Waals surface area contributed by atoms with Crippen LogP contribution in [-0.4, -0.2) is 40.3 Å². The molecule has 1 aliphatic heterocycles. The number of urea groups is 1. The van der Waals surface area contributed by atoms with Crippen LogP contribution in [0, 0.1) is 6.92 Å². The molecule has 0 saturated carbocycles. The molecule has 144 valence electrons. The van der Waals surface area contributed by atoms with Gasteiger partial charge in [0.05, 0.1) is 17.8 Å². The fraction of sp³-hybridized carbons (Fsp3) is 0.389. The van der Waals surface area contributed by atoms with Crippen molar-refractivity contribution in [3.63, 3.8) is 0 Å². The molecule has 6 nitrogen and oxygen atoms in total. The molecule has 1 N–H and O–H groups in total. The minimum Gasteiger partial charge on any atom is -0.471 e. The number of likely N-dealkylation sites (tertiary alicyclic amines) is 1. The standard InChI is InChI=1S/C18H19F3N4O2/c1-12-7-8-16(24-23-12)27-15-6-3-9-25(11-15)17(26)22-14-5-2-4-13(10-14)18(19,20)21/h2,4-5,7-8,10,15H,3,6,9,11H2,1H3,(H,22,26). The molecule has 9 heteroatoms. The van der Waals surface area contributed by atoms with Crippen molar-refractivity contribution in [3.05, 3.63) is 47.7 Å². The number of aryl methyl sites for hydroxylation is 1. The Hall–Kier alpha value is -2.84. The maximum atomic E-state index is 12.8. The van der Waals surface area contributed by atoms with Crippen LogP contribution in [0.1, 0.15) is 24.1 Å². The predicted octanol–water partition coefficient (Wildman–Crippen LogP) is 3.88. The first kappa shape index (κ1) is 18.9. The highest BCUT2D eigenvalue weighted by atomic mass is 19.4. The molecule has 1 unspecified atom stereocenters. The second-order valence-electron chi connectivity index (χ2n) is 6.35. The summed E-state index contributed by atoms with van der Waals surface area (Å²) >= 11 is 0. The zero-order valence-electron chi connectivity index (χ0n) is 14.7. The minimum absolute atomic E-state index is 0.0993. The molecule has 27 heavy (non-hydrogen) atoms. The van der Waals surface area contributed by atoms with Crippen LogP contribution in [0.4, 0.5) is 23.7 Å². The maximum Gasteiger partial charge on any atom is 0.416 e. The number of alkyl halides is 3. The number of hydrogen-bond donors (Lipinski definition) is 1. The van der Waals surface area contributed by atoms with Crippen LogP contribution in [0.5, 0.6) is 5.88 Å². The topological polar surface area (TPSA) is 67.3 Å². The number of benzene rings is 1. The number of nitrogens with one attached hydrogen (secondary N) is 1. The van der Waals surface area contributed by atoms with E-state index in [0.717, 1.165) is 30.7 Å². The first-order valence-corrected chi connectivity index (χ1v) is 8.51. The summed E-state index contributed by atoms with van der Waals surface area (Å²) in [6, 6.07) is 7.59. The van der Waals surface area contributed by atoms with E-state index in [1.165, 1.54) is 17.0 Å². The Kier molecular flexibility index (Phi) is 5.48. The summed E-state index contributed by atoms with van der Waals surface area (Å²) in [4.78, 5) is 13.9. The molecule has 2 amide bonds. The maximum absolute atomic E-state index is 12.8. The summed E-state index contributed by atoms with van der Waals surface area (Å²) < 4.78 is 44.1. The number of aromatic nitrogens is 2. The van der Waals surface area contributed by atoms with Crippen LogP contribution < -0.4 is 10.1 Å². The molecule has 1 aromatic heterocycles. The van der Waals surface area contributed by atoms with Crippen molar-refractivity contribution in [3.8, 4) is 5.88 Å². The van der Waals surface area contributed by atoms with E-state index < -0.39 is 17.8 Å². The highest BCUT2D eigenvalue weighted by molar-refractivity contribution is 5.89. The van der Waals surface area contributed by atoms with Gasteiger partial charge in [-0.3, -0.25) is 0 Å². The van der Waals surface area contributed by atoms with Gasteiger partial charge in [0.25, 0.3) is 0 Å². The molecular weight excluding hydrogens is 361 g/mol. The molecule has 1 aliphatic rings. The molecule has 0 aliphatic carbocycles. The Morgan fingerprint density at radius 3 is 2.78 bits per heavy atom. The molecular formula is C18H19F3N4O2. The number of anilines is 1. The molecule has 1 aromatic carbocycles. The summed E-state index contributed by atoms with van der Waals surface area (Å²) in [5.41, 5.74) is 0.0634. The van der Waals surface area contributed by atoms with Gasteiger partial charge in [-0.25, -0.2) is 4.79 Å². The lowest BCUT2D eigenvalue weighted by Gasteiger charge is -2.32. The van der Waals surface area contributed by atoms with E-state index in [9.17, 15) is 18.0 Å². The van der Waals surface area contributed by atoms with Crippen LogP contribution >= 0.6 is 0 Å². The number of halogens is 3. The van der Waals surface area contributed by atoms with Gasteiger partial charge < -0.3 is 15.0 Å². The smallest absolute Gasteiger partial charge is 0.416 e. The average Bonchev–Trinajstić information content (AvgIpc) is 2.63. The Labute approximate surface area is 154 Å².